The predicted molar refractivity (Wildman–Crippen MR) is 71.3 cm³/mol. The average Bonchev–Trinajstić information content (AvgIpc) is 2.31. The lowest BCUT2D eigenvalue weighted by molar-refractivity contribution is 0.491. The number of rotatable bonds is 5. The van der Waals surface area contributed by atoms with Crippen molar-refractivity contribution in [3.63, 3.8) is 0 Å². The standard InChI is InChI=1S/C13H20BFNO/c1-5-8(2)10(4)16-13-9(3)6-11(14-17)7-12(13)15/h6-8,10,16-17H,5H2,1-4H3/t8-,10?/m1/s1. The van der Waals surface area contributed by atoms with Gasteiger partial charge in [-0.1, -0.05) is 31.8 Å². The van der Waals surface area contributed by atoms with Gasteiger partial charge in [0.05, 0.1) is 5.69 Å². The fraction of sp³-hybridized carbons (Fsp3) is 0.538. The molecule has 1 aromatic rings. The van der Waals surface area contributed by atoms with E-state index in [0.717, 1.165) is 19.5 Å². The van der Waals surface area contributed by atoms with Crippen LogP contribution in [0.2, 0.25) is 0 Å². The third kappa shape index (κ3) is 3.46. The zero-order valence-corrected chi connectivity index (χ0v) is 10.9. The Hall–Kier alpha value is -1.03. The smallest absolute Gasteiger partial charge is 0.326 e. The Kier molecular flexibility index (Phi) is 5.00. The van der Waals surface area contributed by atoms with Crippen molar-refractivity contribution in [2.75, 3.05) is 5.32 Å². The molecule has 0 aliphatic carbocycles. The Labute approximate surface area is 104 Å². The van der Waals surface area contributed by atoms with Crippen molar-refractivity contribution in [2.45, 2.75) is 40.2 Å². The van der Waals surface area contributed by atoms with Crippen LogP contribution in [0.4, 0.5) is 10.1 Å². The van der Waals surface area contributed by atoms with Crippen LogP contribution in [0.1, 0.15) is 32.8 Å². The molecule has 0 amide bonds. The molecule has 4 heteroatoms. The van der Waals surface area contributed by atoms with E-state index in [1.165, 1.54) is 6.07 Å². The van der Waals surface area contributed by atoms with Gasteiger partial charge >= 0.3 is 7.48 Å². The van der Waals surface area contributed by atoms with E-state index in [1.54, 1.807) is 6.07 Å². The number of benzene rings is 1. The molecule has 0 aliphatic rings. The Morgan fingerprint density at radius 2 is 2.06 bits per heavy atom. The minimum Gasteiger partial charge on any atom is -0.450 e. The van der Waals surface area contributed by atoms with E-state index in [4.69, 9.17) is 5.02 Å². The Morgan fingerprint density at radius 1 is 1.41 bits per heavy atom. The van der Waals surface area contributed by atoms with E-state index in [-0.39, 0.29) is 11.9 Å². The first-order valence-corrected chi connectivity index (χ1v) is 6.03. The SMILES string of the molecule is CC[C@@H](C)C(C)Nc1c(C)cc([B]O)cc1F. The lowest BCUT2D eigenvalue weighted by Crippen LogP contribution is -2.25. The number of hydrogen-bond donors (Lipinski definition) is 2. The number of aryl methyl sites for hydroxylation is 1. The quantitative estimate of drug-likeness (QED) is 0.768. The van der Waals surface area contributed by atoms with Crippen LogP contribution in [0.3, 0.4) is 0 Å². The maximum Gasteiger partial charge on any atom is 0.326 e. The molecule has 0 saturated carbocycles. The summed E-state index contributed by atoms with van der Waals surface area (Å²) in [4.78, 5) is 0. The van der Waals surface area contributed by atoms with Gasteiger partial charge in [-0.2, -0.15) is 0 Å². The highest BCUT2D eigenvalue weighted by Crippen LogP contribution is 2.21. The van der Waals surface area contributed by atoms with Crippen LogP contribution in [0, 0.1) is 18.7 Å². The minimum atomic E-state index is -0.319. The first-order valence-electron chi connectivity index (χ1n) is 6.03. The molecule has 2 N–H and O–H groups in total. The molecule has 2 atom stereocenters. The van der Waals surface area contributed by atoms with E-state index in [2.05, 4.69) is 26.1 Å². The van der Waals surface area contributed by atoms with Crippen molar-refractivity contribution < 1.29 is 9.41 Å². The molecule has 1 aromatic carbocycles. The topological polar surface area (TPSA) is 32.3 Å². The second kappa shape index (κ2) is 6.06. The highest BCUT2D eigenvalue weighted by atomic mass is 19.1. The lowest BCUT2D eigenvalue weighted by atomic mass is 9.87. The van der Waals surface area contributed by atoms with Gasteiger partial charge in [0.15, 0.2) is 0 Å². The largest absolute Gasteiger partial charge is 0.450 e. The Balaban J connectivity index is 2.91. The zero-order chi connectivity index (χ0) is 13.0. The Bertz CT molecular complexity index is 361. The molecule has 0 saturated heterocycles. The molecule has 0 bridgehead atoms. The monoisotopic (exact) mass is 236 g/mol. The fourth-order valence-corrected chi connectivity index (χ4v) is 1.75. The fourth-order valence-electron chi connectivity index (χ4n) is 1.75. The number of nitrogens with one attached hydrogen (secondary N) is 1. The third-order valence-electron chi connectivity index (χ3n) is 3.33. The van der Waals surface area contributed by atoms with Crippen LogP contribution in [-0.4, -0.2) is 18.5 Å². The van der Waals surface area contributed by atoms with E-state index < -0.39 is 0 Å². The molecule has 17 heavy (non-hydrogen) atoms. The Morgan fingerprint density at radius 3 is 2.53 bits per heavy atom. The highest BCUT2D eigenvalue weighted by Gasteiger charge is 2.14. The van der Waals surface area contributed by atoms with Crippen molar-refractivity contribution in [3.8, 4) is 0 Å². The summed E-state index contributed by atoms with van der Waals surface area (Å²) >= 11 is 0. The second-order valence-corrected chi connectivity index (χ2v) is 4.64. The van der Waals surface area contributed by atoms with Gasteiger partial charge in [-0.15, -0.1) is 0 Å². The number of hydrogen-bond acceptors (Lipinski definition) is 2. The van der Waals surface area contributed by atoms with Crippen LogP contribution in [0.25, 0.3) is 0 Å². The minimum absolute atomic E-state index is 0.220. The molecule has 0 fully saturated rings. The molecule has 0 spiro atoms. The predicted octanol–water partition coefficient (Wildman–Crippen LogP) is 2.22. The molecule has 0 aromatic heterocycles. The maximum absolute atomic E-state index is 13.8. The van der Waals surface area contributed by atoms with E-state index in [9.17, 15) is 4.39 Å². The molecule has 1 rings (SSSR count). The van der Waals surface area contributed by atoms with Gasteiger partial charge in [0.2, 0.25) is 0 Å². The summed E-state index contributed by atoms with van der Waals surface area (Å²) in [5.41, 5.74) is 1.82. The van der Waals surface area contributed by atoms with Crippen molar-refractivity contribution in [1.29, 1.82) is 0 Å². The third-order valence-corrected chi connectivity index (χ3v) is 3.33. The maximum atomic E-state index is 13.8. The van der Waals surface area contributed by atoms with Crippen molar-refractivity contribution in [3.05, 3.63) is 23.5 Å². The van der Waals surface area contributed by atoms with Crippen LogP contribution >= 0.6 is 0 Å². The van der Waals surface area contributed by atoms with Gasteiger partial charge in [-0.3, -0.25) is 0 Å². The summed E-state index contributed by atoms with van der Waals surface area (Å²) in [7, 11) is 0.915. The summed E-state index contributed by atoms with van der Waals surface area (Å²) in [6, 6.07) is 3.31. The first kappa shape index (κ1) is 14.0. The normalized spacial score (nSPS) is 14.2. The van der Waals surface area contributed by atoms with Gasteiger partial charge < -0.3 is 10.3 Å². The summed E-state index contributed by atoms with van der Waals surface area (Å²) < 4.78 is 13.8. The molecular formula is C13H20BFNO. The summed E-state index contributed by atoms with van der Waals surface area (Å²) in [5, 5.41) is 12.1. The van der Waals surface area contributed by atoms with Crippen LogP contribution < -0.4 is 10.8 Å². The first-order chi connectivity index (χ1) is 7.99. The van der Waals surface area contributed by atoms with Crippen molar-refractivity contribution >= 4 is 18.6 Å². The zero-order valence-electron chi connectivity index (χ0n) is 10.9. The second-order valence-electron chi connectivity index (χ2n) is 4.64. The number of halogens is 1. The van der Waals surface area contributed by atoms with Crippen LogP contribution in [-0.2, 0) is 0 Å². The van der Waals surface area contributed by atoms with Gasteiger partial charge in [0.25, 0.3) is 0 Å². The van der Waals surface area contributed by atoms with Crippen molar-refractivity contribution in [2.24, 2.45) is 5.92 Å². The summed E-state index contributed by atoms with van der Waals surface area (Å²) in [6.07, 6.45) is 1.05. The molecule has 1 unspecified atom stereocenters. The van der Waals surface area contributed by atoms with E-state index in [0.29, 0.717) is 17.1 Å². The molecule has 2 nitrogen and oxygen atoms in total. The number of anilines is 1. The van der Waals surface area contributed by atoms with E-state index >= 15 is 0 Å². The van der Waals surface area contributed by atoms with Gasteiger partial charge in [0.1, 0.15) is 5.82 Å². The highest BCUT2D eigenvalue weighted by molar-refractivity contribution is 6.45. The lowest BCUT2D eigenvalue weighted by Gasteiger charge is -2.23. The molecule has 1 radical (unpaired) electrons. The van der Waals surface area contributed by atoms with Crippen molar-refractivity contribution in [1.82, 2.24) is 0 Å². The molecule has 0 heterocycles. The average molecular weight is 236 g/mol. The summed E-state index contributed by atoms with van der Waals surface area (Å²) in [5.74, 6) is 0.165. The van der Waals surface area contributed by atoms with Gasteiger partial charge in [0, 0.05) is 6.04 Å². The van der Waals surface area contributed by atoms with Gasteiger partial charge in [-0.25, -0.2) is 4.39 Å². The molecule has 93 valence electrons. The molecular weight excluding hydrogens is 216 g/mol. The summed E-state index contributed by atoms with van der Waals surface area (Å²) in [6.45, 7) is 8.15. The van der Waals surface area contributed by atoms with Crippen LogP contribution in [0.5, 0.6) is 0 Å². The molecule has 0 aliphatic heterocycles. The van der Waals surface area contributed by atoms with Crippen LogP contribution in [0.15, 0.2) is 12.1 Å². The van der Waals surface area contributed by atoms with Gasteiger partial charge in [-0.05, 0) is 31.4 Å². The van der Waals surface area contributed by atoms with E-state index in [1.807, 2.05) is 6.92 Å².